The Morgan fingerprint density at radius 3 is 2.86 bits per heavy atom. The van der Waals surface area contributed by atoms with Gasteiger partial charge in [-0.25, -0.2) is 4.39 Å². The van der Waals surface area contributed by atoms with Crippen molar-refractivity contribution in [3.8, 4) is 0 Å². The standard InChI is InChI=1S/C17H24FNO2/c1-3-21-16(20)10-12-5-4-6-15(19)17(12)13-8-7-11(2)9-14(13)18/h7-9,12,15,17H,3-6,10,19H2,1-2H3. The number of carbonyl (C=O) groups is 1. The molecular weight excluding hydrogens is 269 g/mol. The van der Waals surface area contributed by atoms with Gasteiger partial charge in [-0.3, -0.25) is 4.79 Å². The first-order valence-corrected chi connectivity index (χ1v) is 7.70. The van der Waals surface area contributed by atoms with Crippen LogP contribution in [0.4, 0.5) is 4.39 Å². The Kier molecular flexibility index (Phi) is 5.34. The summed E-state index contributed by atoms with van der Waals surface area (Å²) in [6.07, 6.45) is 3.07. The molecule has 0 aromatic heterocycles. The van der Waals surface area contributed by atoms with E-state index >= 15 is 0 Å². The van der Waals surface area contributed by atoms with E-state index in [1.54, 1.807) is 6.92 Å². The Bertz CT molecular complexity index is 504. The lowest BCUT2D eigenvalue weighted by Crippen LogP contribution is -2.38. The molecule has 21 heavy (non-hydrogen) atoms. The van der Waals surface area contributed by atoms with Crippen LogP contribution in [-0.2, 0) is 9.53 Å². The number of esters is 1. The van der Waals surface area contributed by atoms with E-state index in [2.05, 4.69) is 0 Å². The van der Waals surface area contributed by atoms with Gasteiger partial charge in [-0.1, -0.05) is 18.6 Å². The minimum absolute atomic E-state index is 0.0602. The first-order valence-electron chi connectivity index (χ1n) is 7.70. The Balaban J connectivity index is 2.24. The molecule has 1 aliphatic carbocycles. The summed E-state index contributed by atoms with van der Waals surface area (Å²) in [5.74, 6) is -0.478. The van der Waals surface area contributed by atoms with Crippen molar-refractivity contribution in [2.24, 2.45) is 11.7 Å². The second-order valence-corrected chi connectivity index (χ2v) is 5.91. The monoisotopic (exact) mass is 293 g/mol. The van der Waals surface area contributed by atoms with Gasteiger partial charge >= 0.3 is 5.97 Å². The molecule has 1 aromatic rings. The summed E-state index contributed by atoms with van der Waals surface area (Å²) in [6, 6.07) is 5.16. The van der Waals surface area contributed by atoms with E-state index in [9.17, 15) is 9.18 Å². The molecule has 0 aliphatic heterocycles. The molecule has 1 aliphatic rings. The fourth-order valence-electron chi connectivity index (χ4n) is 3.37. The fourth-order valence-corrected chi connectivity index (χ4v) is 3.37. The summed E-state index contributed by atoms with van der Waals surface area (Å²) in [4.78, 5) is 11.8. The lowest BCUT2D eigenvalue weighted by Gasteiger charge is -2.36. The molecule has 0 heterocycles. The summed E-state index contributed by atoms with van der Waals surface area (Å²) >= 11 is 0. The van der Waals surface area contributed by atoms with Gasteiger partial charge in [-0.15, -0.1) is 0 Å². The Morgan fingerprint density at radius 2 is 2.19 bits per heavy atom. The zero-order valence-electron chi connectivity index (χ0n) is 12.8. The number of ether oxygens (including phenoxy) is 1. The van der Waals surface area contributed by atoms with Crippen molar-refractivity contribution in [1.29, 1.82) is 0 Å². The lowest BCUT2D eigenvalue weighted by atomic mass is 9.71. The Hall–Kier alpha value is -1.42. The van der Waals surface area contributed by atoms with Gasteiger partial charge in [0, 0.05) is 18.4 Å². The van der Waals surface area contributed by atoms with Crippen LogP contribution in [-0.4, -0.2) is 18.6 Å². The van der Waals surface area contributed by atoms with Crippen LogP contribution in [0.5, 0.6) is 0 Å². The zero-order valence-corrected chi connectivity index (χ0v) is 12.8. The average Bonchev–Trinajstić information content (AvgIpc) is 2.41. The van der Waals surface area contributed by atoms with E-state index in [0.717, 1.165) is 24.8 Å². The van der Waals surface area contributed by atoms with Gasteiger partial charge in [0.2, 0.25) is 0 Å². The fraction of sp³-hybridized carbons (Fsp3) is 0.588. The van der Waals surface area contributed by atoms with Crippen LogP contribution >= 0.6 is 0 Å². The highest BCUT2D eigenvalue weighted by molar-refractivity contribution is 5.69. The van der Waals surface area contributed by atoms with E-state index in [0.29, 0.717) is 18.6 Å². The Labute approximate surface area is 125 Å². The highest BCUT2D eigenvalue weighted by Crippen LogP contribution is 2.40. The van der Waals surface area contributed by atoms with Crippen molar-refractivity contribution in [3.05, 3.63) is 35.1 Å². The molecular formula is C17H24FNO2. The van der Waals surface area contributed by atoms with Crippen molar-refractivity contribution in [2.45, 2.75) is 51.5 Å². The second-order valence-electron chi connectivity index (χ2n) is 5.91. The summed E-state index contributed by atoms with van der Waals surface area (Å²) in [7, 11) is 0. The molecule has 0 saturated heterocycles. The van der Waals surface area contributed by atoms with Crippen molar-refractivity contribution >= 4 is 5.97 Å². The molecule has 116 valence electrons. The predicted octanol–water partition coefficient (Wildman–Crippen LogP) is 3.30. The van der Waals surface area contributed by atoms with Crippen LogP contribution in [0.3, 0.4) is 0 Å². The van der Waals surface area contributed by atoms with Crippen molar-refractivity contribution in [3.63, 3.8) is 0 Å². The van der Waals surface area contributed by atoms with Gasteiger partial charge in [0.1, 0.15) is 5.82 Å². The van der Waals surface area contributed by atoms with Crippen molar-refractivity contribution in [1.82, 2.24) is 0 Å². The topological polar surface area (TPSA) is 52.3 Å². The first kappa shape index (κ1) is 16.0. The average molecular weight is 293 g/mol. The number of rotatable bonds is 4. The minimum atomic E-state index is -0.216. The van der Waals surface area contributed by atoms with E-state index in [4.69, 9.17) is 10.5 Å². The molecule has 1 aromatic carbocycles. The van der Waals surface area contributed by atoms with E-state index < -0.39 is 0 Å². The zero-order chi connectivity index (χ0) is 15.4. The maximum Gasteiger partial charge on any atom is 0.306 e. The number of benzene rings is 1. The maximum atomic E-state index is 14.3. The number of halogens is 1. The smallest absolute Gasteiger partial charge is 0.306 e. The molecule has 2 rings (SSSR count). The van der Waals surface area contributed by atoms with Gasteiger partial charge in [0.15, 0.2) is 0 Å². The largest absolute Gasteiger partial charge is 0.466 e. The van der Waals surface area contributed by atoms with Gasteiger partial charge < -0.3 is 10.5 Å². The number of carbonyl (C=O) groups excluding carboxylic acids is 1. The van der Waals surface area contributed by atoms with E-state index in [-0.39, 0.29) is 29.7 Å². The summed E-state index contributed by atoms with van der Waals surface area (Å²) in [5, 5.41) is 0. The molecule has 2 N–H and O–H groups in total. The van der Waals surface area contributed by atoms with Crippen LogP contribution < -0.4 is 5.73 Å². The number of aryl methyl sites for hydroxylation is 1. The summed E-state index contributed by atoms with van der Waals surface area (Å²) in [5.41, 5.74) is 7.77. The molecule has 0 amide bonds. The third-order valence-electron chi connectivity index (χ3n) is 4.33. The number of hydrogen-bond acceptors (Lipinski definition) is 3. The molecule has 3 unspecified atom stereocenters. The molecule has 3 nitrogen and oxygen atoms in total. The first-order chi connectivity index (χ1) is 10.0. The van der Waals surface area contributed by atoms with Crippen LogP contribution in [0, 0.1) is 18.7 Å². The van der Waals surface area contributed by atoms with Crippen LogP contribution in [0.2, 0.25) is 0 Å². The van der Waals surface area contributed by atoms with Gasteiger partial charge in [-0.2, -0.15) is 0 Å². The molecule has 0 bridgehead atoms. The summed E-state index contributed by atoms with van der Waals surface area (Å²) < 4.78 is 19.3. The quantitative estimate of drug-likeness (QED) is 0.867. The third kappa shape index (κ3) is 3.82. The molecule has 3 atom stereocenters. The lowest BCUT2D eigenvalue weighted by molar-refractivity contribution is -0.144. The van der Waals surface area contributed by atoms with Crippen molar-refractivity contribution in [2.75, 3.05) is 6.61 Å². The van der Waals surface area contributed by atoms with Crippen molar-refractivity contribution < 1.29 is 13.9 Å². The third-order valence-corrected chi connectivity index (χ3v) is 4.33. The SMILES string of the molecule is CCOC(=O)CC1CCCC(N)C1c1ccc(C)cc1F. The molecule has 1 saturated carbocycles. The van der Waals surface area contributed by atoms with Gasteiger partial charge in [0.05, 0.1) is 6.61 Å². The predicted molar refractivity (Wildman–Crippen MR) is 80.4 cm³/mol. The summed E-state index contributed by atoms with van der Waals surface area (Å²) in [6.45, 7) is 4.03. The molecule has 4 heteroatoms. The molecule has 0 radical (unpaired) electrons. The van der Waals surface area contributed by atoms with E-state index in [1.165, 1.54) is 6.07 Å². The van der Waals surface area contributed by atoms with Crippen LogP contribution in [0.1, 0.15) is 49.7 Å². The Morgan fingerprint density at radius 1 is 1.43 bits per heavy atom. The highest BCUT2D eigenvalue weighted by Gasteiger charge is 2.35. The second kappa shape index (κ2) is 7.03. The van der Waals surface area contributed by atoms with Gasteiger partial charge in [-0.05, 0) is 49.8 Å². The van der Waals surface area contributed by atoms with Crippen LogP contribution in [0.15, 0.2) is 18.2 Å². The van der Waals surface area contributed by atoms with E-state index in [1.807, 2.05) is 19.1 Å². The van der Waals surface area contributed by atoms with Gasteiger partial charge in [0.25, 0.3) is 0 Å². The normalized spacial score (nSPS) is 25.6. The number of hydrogen-bond donors (Lipinski definition) is 1. The highest BCUT2D eigenvalue weighted by atomic mass is 19.1. The van der Waals surface area contributed by atoms with Crippen LogP contribution in [0.25, 0.3) is 0 Å². The maximum absolute atomic E-state index is 14.3. The minimum Gasteiger partial charge on any atom is -0.466 e. The molecule has 1 fully saturated rings. The number of nitrogens with two attached hydrogens (primary N) is 1. The molecule has 0 spiro atoms.